The van der Waals surface area contributed by atoms with Crippen molar-refractivity contribution in [1.82, 2.24) is 9.88 Å². The molecule has 0 saturated carbocycles. The van der Waals surface area contributed by atoms with Gasteiger partial charge in [-0.1, -0.05) is 6.07 Å². The molecule has 1 amide bonds. The minimum atomic E-state index is -0.993. The molecule has 0 bridgehead atoms. The Bertz CT molecular complexity index is 1200. The molecule has 2 aromatic carbocycles. The number of ether oxygens (including phenoxy) is 2. The lowest BCUT2D eigenvalue weighted by Gasteiger charge is -2.31. The van der Waals surface area contributed by atoms with Crippen LogP contribution in [0.2, 0.25) is 0 Å². The number of carboxylic acid groups (broad SMARTS) is 1. The van der Waals surface area contributed by atoms with E-state index in [4.69, 9.17) is 9.47 Å². The molecule has 7 nitrogen and oxygen atoms in total. The molecule has 0 saturated heterocycles. The van der Waals surface area contributed by atoms with E-state index in [0.717, 1.165) is 40.8 Å². The van der Waals surface area contributed by atoms with Crippen LogP contribution in [0.15, 0.2) is 42.5 Å². The molecule has 2 aliphatic rings. The van der Waals surface area contributed by atoms with Crippen molar-refractivity contribution in [2.24, 2.45) is 0 Å². The molecule has 1 N–H and O–H groups in total. The quantitative estimate of drug-likeness (QED) is 0.604. The fourth-order valence-corrected chi connectivity index (χ4v) is 4.58. The predicted molar refractivity (Wildman–Crippen MR) is 123 cm³/mol. The smallest absolute Gasteiger partial charge is 0.407 e. The largest absolute Gasteiger partial charge is 0.486 e. The van der Waals surface area contributed by atoms with Crippen molar-refractivity contribution in [2.75, 3.05) is 37.7 Å². The molecule has 0 aliphatic carbocycles. The SMILES string of the molecule is Cc1ccc2c3c(ccc2n1)OC[C@H](CN(CCCN1CCc2ccc(F)cc21)C(=O)O)O3. The summed E-state index contributed by atoms with van der Waals surface area (Å²) < 4.78 is 25.7. The van der Waals surface area contributed by atoms with E-state index < -0.39 is 12.2 Å². The Balaban J connectivity index is 1.22. The lowest BCUT2D eigenvalue weighted by Crippen LogP contribution is -2.44. The van der Waals surface area contributed by atoms with Crippen molar-refractivity contribution in [2.45, 2.75) is 25.9 Å². The molecule has 0 spiro atoms. The minimum absolute atomic E-state index is 0.204. The number of nitrogens with zero attached hydrogens (tertiary/aromatic N) is 3. The van der Waals surface area contributed by atoms with Crippen LogP contribution in [-0.2, 0) is 6.42 Å². The maximum Gasteiger partial charge on any atom is 0.407 e. The van der Waals surface area contributed by atoms with Gasteiger partial charge >= 0.3 is 6.09 Å². The molecule has 8 heteroatoms. The van der Waals surface area contributed by atoms with E-state index in [1.54, 1.807) is 6.07 Å². The van der Waals surface area contributed by atoms with Gasteiger partial charge in [-0.2, -0.15) is 0 Å². The van der Waals surface area contributed by atoms with Crippen molar-refractivity contribution >= 4 is 22.7 Å². The Morgan fingerprint density at radius 1 is 1.27 bits per heavy atom. The number of benzene rings is 2. The fourth-order valence-electron chi connectivity index (χ4n) is 4.58. The summed E-state index contributed by atoms with van der Waals surface area (Å²) in [7, 11) is 0. The van der Waals surface area contributed by atoms with Crippen LogP contribution in [0.1, 0.15) is 17.7 Å². The molecular weight excluding hydrogens is 425 g/mol. The van der Waals surface area contributed by atoms with Gasteiger partial charge in [-0.3, -0.25) is 4.98 Å². The van der Waals surface area contributed by atoms with Gasteiger partial charge in [0.1, 0.15) is 12.4 Å². The van der Waals surface area contributed by atoms with Crippen LogP contribution in [0.25, 0.3) is 10.9 Å². The number of halogens is 1. The number of anilines is 1. The summed E-state index contributed by atoms with van der Waals surface area (Å²) >= 11 is 0. The lowest BCUT2D eigenvalue weighted by atomic mass is 10.1. The number of carbonyl (C=O) groups is 1. The average molecular weight is 451 g/mol. The summed E-state index contributed by atoms with van der Waals surface area (Å²) in [6.07, 6.45) is 0.112. The second kappa shape index (κ2) is 8.77. The summed E-state index contributed by atoms with van der Waals surface area (Å²) in [5.74, 6) is 1.00. The Kier molecular flexibility index (Phi) is 5.66. The molecule has 172 valence electrons. The van der Waals surface area contributed by atoms with E-state index in [-0.39, 0.29) is 19.0 Å². The summed E-state index contributed by atoms with van der Waals surface area (Å²) in [5, 5.41) is 10.6. The molecule has 0 unspecified atom stereocenters. The van der Waals surface area contributed by atoms with Crippen LogP contribution in [0.4, 0.5) is 14.9 Å². The third-order valence-corrected chi connectivity index (χ3v) is 6.22. The summed E-state index contributed by atoms with van der Waals surface area (Å²) in [4.78, 5) is 19.9. The van der Waals surface area contributed by atoms with Gasteiger partial charge in [0, 0.05) is 36.4 Å². The fraction of sp³-hybridized carbons (Fsp3) is 0.360. The predicted octanol–water partition coefficient (Wildman–Crippen LogP) is 4.25. The van der Waals surface area contributed by atoms with Crippen molar-refractivity contribution in [3.05, 3.63) is 59.5 Å². The van der Waals surface area contributed by atoms with E-state index in [0.29, 0.717) is 31.0 Å². The average Bonchev–Trinajstić information content (AvgIpc) is 3.19. The molecule has 3 heterocycles. The van der Waals surface area contributed by atoms with Crippen LogP contribution < -0.4 is 14.4 Å². The second-order valence-electron chi connectivity index (χ2n) is 8.56. The number of hydrogen-bond donors (Lipinski definition) is 1. The first kappa shape index (κ1) is 21.3. The van der Waals surface area contributed by atoms with Gasteiger partial charge in [-0.25, -0.2) is 9.18 Å². The number of rotatable bonds is 6. The molecule has 1 atom stereocenters. The van der Waals surface area contributed by atoms with Crippen LogP contribution in [0, 0.1) is 12.7 Å². The van der Waals surface area contributed by atoms with Gasteiger partial charge in [0.2, 0.25) is 0 Å². The molecule has 3 aromatic rings. The van der Waals surface area contributed by atoms with Crippen LogP contribution in [0.5, 0.6) is 11.5 Å². The van der Waals surface area contributed by atoms with Gasteiger partial charge in [0.05, 0.1) is 12.1 Å². The number of aromatic nitrogens is 1. The highest BCUT2D eigenvalue weighted by Gasteiger charge is 2.27. The third kappa shape index (κ3) is 4.37. The topological polar surface area (TPSA) is 75.1 Å². The highest BCUT2D eigenvalue weighted by atomic mass is 19.1. The Morgan fingerprint density at radius 3 is 3.00 bits per heavy atom. The van der Waals surface area contributed by atoms with E-state index in [2.05, 4.69) is 9.88 Å². The van der Waals surface area contributed by atoms with Crippen LogP contribution >= 0.6 is 0 Å². The highest BCUT2D eigenvalue weighted by Crippen LogP contribution is 2.38. The standard InChI is InChI=1S/C25H26FN3O4/c1-16-3-6-20-21(27-16)7-8-23-24(20)33-19(15-32-23)14-29(25(30)31)11-2-10-28-12-9-17-4-5-18(26)13-22(17)28/h3-8,13,19H,2,9-12,14-15H2,1H3,(H,30,31)/t19-/m0/s1. The summed E-state index contributed by atoms with van der Waals surface area (Å²) in [6.45, 7) is 4.26. The first-order valence-electron chi connectivity index (χ1n) is 11.2. The zero-order valence-electron chi connectivity index (χ0n) is 18.5. The van der Waals surface area contributed by atoms with Gasteiger partial charge in [0.15, 0.2) is 17.6 Å². The van der Waals surface area contributed by atoms with Crippen LogP contribution in [-0.4, -0.2) is 60.0 Å². The number of amides is 1. The molecule has 33 heavy (non-hydrogen) atoms. The third-order valence-electron chi connectivity index (χ3n) is 6.22. The van der Waals surface area contributed by atoms with Crippen molar-refractivity contribution in [3.63, 3.8) is 0 Å². The summed E-state index contributed by atoms with van der Waals surface area (Å²) in [6, 6.07) is 12.5. The van der Waals surface area contributed by atoms with E-state index in [1.165, 1.54) is 11.0 Å². The molecule has 5 rings (SSSR count). The summed E-state index contributed by atoms with van der Waals surface area (Å²) in [5.41, 5.74) is 3.77. The first-order chi connectivity index (χ1) is 16.0. The number of fused-ring (bicyclic) bond motifs is 4. The van der Waals surface area contributed by atoms with Crippen molar-refractivity contribution < 1.29 is 23.8 Å². The van der Waals surface area contributed by atoms with Crippen molar-refractivity contribution in [1.29, 1.82) is 0 Å². The normalized spacial score (nSPS) is 16.7. The Hall–Kier alpha value is -3.55. The molecular formula is C25H26FN3O4. The lowest BCUT2D eigenvalue weighted by molar-refractivity contribution is 0.0586. The first-order valence-corrected chi connectivity index (χ1v) is 11.2. The maximum atomic E-state index is 13.6. The Morgan fingerprint density at radius 2 is 2.15 bits per heavy atom. The Labute approximate surface area is 191 Å². The zero-order chi connectivity index (χ0) is 22.9. The number of pyridine rings is 1. The minimum Gasteiger partial charge on any atom is -0.486 e. The molecule has 2 aliphatic heterocycles. The zero-order valence-corrected chi connectivity index (χ0v) is 18.5. The monoisotopic (exact) mass is 451 g/mol. The van der Waals surface area contributed by atoms with Crippen molar-refractivity contribution in [3.8, 4) is 11.5 Å². The van der Waals surface area contributed by atoms with E-state index in [9.17, 15) is 14.3 Å². The van der Waals surface area contributed by atoms with Crippen LogP contribution in [0.3, 0.4) is 0 Å². The molecule has 1 aromatic heterocycles. The van der Waals surface area contributed by atoms with Gasteiger partial charge in [-0.15, -0.1) is 0 Å². The molecule has 0 fully saturated rings. The van der Waals surface area contributed by atoms with Gasteiger partial charge in [-0.05, 0) is 61.7 Å². The van der Waals surface area contributed by atoms with E-state index >= 15 is 0 Å². The number of hydrogen-bond acceptors (Lipinski definition) is 5. The second-order valence-corrected chi connectivity index (χ2v) is 8.56. The van der Waals surface area contributed by atoms with Gasteiger partial charge in [0.25, 0.3) is 0 Å². The highest BCUT2D eigenvalue weighted by molar-refractivity contribution is 5.88. The van der Waals surface area contributed by atoms with E-state index in [1.807, 2.05) is 37.3 Å². The number of aryl methyl sites for hydroxylation is 1. The maximum absolute atomic E-state index is 13.6. The van der Waals surface area contributed by atoms with Gasteiger partial charge < -0.3 is 24.4 Å². The molecule has 0 radical (unpaired) electrons.